The van der Waals surface area contributed by atoms with E-state index in [1.807, 2.05) is 30.3 Å². The fraction of sp³-hybridized carbons (Fsp3) is 0.655. The minimum absolute atomic E-state index is 0.00656. The summed E-state index contributed by atoms with van der Waals surface area (Å²) in [5.41, 5.74) is -2.32. The van der Waals surface area contributed by atoms with Gasteiger partial charge in [0.2, 0.25) is 5.91 Å². The minimum atomic E-state index is -3.17. The van der Waals surface area contributed by atoms with Gasteiger partial charge < -0.3 is 23.2 Å². The Labute approximate surface area is 240 Å². The number of benzene rings is 1. The van der Waals surface area contributed by atoms with Crippen molar-refractivity contribution in [1.29, 1.82) is 5.26 Å². The van der Waals surface area contributed by atoms with E-state index in [0.717, 1.165) is 5.56 Å². The molecule has 9 nitrogen and oxygen atoms in total. The van der Waals surface area contributed by atoms with E-state index in [1.54, 1.807) is 0 Å². The molecule has 1 aliphatic carbocycles. The third kappa shape index (κ3) is 4.63. The number of amides is 1. The summed E-state index contributed by atoms with van der Waals surface area (Å²) in [5, 5.41) is 34.1. The molecule has 220 valence electrons. The molecule has 4 rings (SSSR count). The molecule has 0 aromatic heterocycles. The first kappa shape index (κ1) is 31.1. The summed E-state index contributed by atoms with van der Waals surface area (Å²) in [6.45, 7) is 16.0. The summed E-state index contributed by atoms with van der Waals surface area (Å²) in [7, 11) is -6.32. The maximum Gasteiger partial charge on any atom is 0.335 e. The molecule has 4 atom stereocenters. The van der Waals surface area contributed by atoms with Crippen LogP contribution in [0.4, 0.5) is 0 Å². The largest absolute Gasteiger partial charge is 0.414 e. The molecule has 0 radical (unpaired) electrons. The van der Waals surface area contributed by atoms with Crippen LogP contribution in [0.25, 0.3) is 0 Å². The van der Waals surface area contributed by atoms with Crippen LogP contribution in [0.1, 0.15) is 67.4 Å². The number of fused-ring (bicyclic) bond motifs is 2. The number of carbonyl (C=O) groups excluding carboxylic acids is 1. The van der Waals surface area contributed by atoms with Gasteiger partial charge in [-0.3, -0.25) is 9.63 Å². The van der Waals surface area contributed by atoms with Crippen LogP contribution in [0.15, 0.2) is 42.0 Å². The van der Waals surface area contributed by atoms with Crippen LogP contribution in [0.3, 0.4) is 0 Å². The molecule has 40 heavy (non-hydrogen) atoms. The summed E-state index contributed by atoms with van der Waals surface area (Å²) in [6, 6.07) is 11.7. The molecule has 2 fully saturated rings. The lowest BCUT2D eigenvalue weighted by atomic mass is 9.65. The molecule has 1 amide bonds. The van der Waals surface area contributed by atoms with Gasteiger partial charge in [-0.05, 0) is 33.8 Å². The second-order valence-corrected chi connectivity index (χ2v) is 21.4. The van der Waals surface area contributed by atoms with E-state index in [2.05, 4.69) is 61.5 Å². The molecule has 1 aromatic carbocycles. The average Bonchev–Trinajstić information content (AvgIpc) is 3.09. The van der Waals surface area contributed by atoms with E-state index < -0.39 is 47.1 Å². The Bertz CT molecular complexity index is 1150. The number of hydrogen-bond acceptors (Lipinski definition) is 8. The first-order chi connectivity index (χ1) is 18.7. The van der Waals surface area contributed by atoms with Gasteiger partial charge in [0, 0.05) is 0 Å². The monoisotopic (exact) mass is 588 g/mol. The normalized spacial score (nSPS) is 31.3. The zero-order chi connectivity index (χ0) is 29.7. The van der Waals surface area contributed by atoms with Crippen LogP contribution < -0.4 is 0 Å². The van der Waals surface area contributed by atoms with Gasteiger partial charge in [0.1, 0.15) is 30.0 Å². The van der Waals surface area contributed by atoms with Gasteiger partial charge >= 0.3 is 17.1 Å². The Morgan fingerprint density at radius 3 is 1.98 bits per heavy atom. The van der Waals surface area contributed by atoms with E-state index in [1.165, 1.54) is 11.1 Å². The number of nitriles is 1. The van der Waals surface area contributed by atoms with Gasteiger partial charge in [-0.25, -0.2) is 5.06 Å². The topological polar surface area (TPSA) is 121 Å². The smallest absolute Gasteiger partial charge is 0.335 e. The summed E-state index contributed by atoms with van der Waals surface area (Å²) in [5.74, 6) is -0.295. The van der Waals surface area contributed by atoms with E-state index in [-0.39, 0.29) is 46.7 Å². The number of aliphatic hydroxyl groups excluding tert-OH is 1. The second kappa shape index (κ2) is 11.1. The molecule has 3 aliphatic rings. The molecule has 0 bridgehead atoms. The van der Waals surface area contributed by atoms with Crippen molar-refractivity contribution in [3.05, 3.63) is 47.5 Å². The molecule has 11 heteroatoms. The lowest BCUT2D eigenvalue weighted by Gasteiger charge is -2.59. The van der Waals surface area contributed by atoms with Crippen molar-refractivity contribution >= 4 is 23.0 Å². The fourth-order valence-electron chi connectivity index (χ4n) is 6.58. The van der Waals surface area contributed by atoms with E-state index >= 15 is 0 Å². The number of rotatable bonds is 8. The van der Waals surface area contributed by atoms with Crippen LogP contribution in [-0.2, 0) is 29.2 Å². The lowest BCUT2D eigenvalue weighted by Crippen LogP contribution is -2.78. The number of β-lactam (4-membered cyclic amide) rings is 1. The Balaban J connectivity index is 1.94. The van der Waals surface area contributed by atoms with E-state index in [4.69, 9.17) is 17.8 Å². The molecule has 2 heterocycles. The van der Waals surface area contributed by atoms with Gasteiger partial charge in [-0.1, -0.05) is 85.7 Å². The quantitative estimate of drug-likeness (QED) is 0.334. The molecule has 0 saturated carbocycles. The Hall–Kier alpha value is -1.89. The first-order valence-corrected chi connectivity index (χ1v) is 18.2. The second-order valence-electron chi connectivity index (χ2n) is 12.6. The summed E-state index contributed by atoms with van der Waals surface area (Å²) >= 11 is 0. The molecule has 4 unspecified atom stereocenters. The molecule has 2 N–H and O–H groups in total. The van der Waals surface area contributed by atoms with Gasteiger partial charge in [0.15, 0.2) is 0 Å². The van der Waals surface area contributed by atoms with Crippen molar-refractivity contribution in [3.8, 4) is 6.07 Å². The SMILES string of the molecule is CC(C)[Si]1(C(C)C)OC2C(O[Si](C(C)C)(C(C)C)O1)C1(CC(=O)N1OCc1ccccc1)C(C#N)=CC2(O)CO. The first-order valence-electron chi connectivity index (χ1n) is 14.3. The Kier molecular flexibility index (Phi) is 8.60. The number of carbonyl (C=O) groups is 1. The highest BCUT2D eigenvalue weighted by atomic mass is 28.5. The highest BCUT2D eigenvalue weighted by Gasteiger charge is 2.73. The average molecular weight is 589 g/mol. The number of hydrogen-bond donors (Lipinski definition) is 2. The summed E-state index contributed by atoms with van der Waals surface area (Å²) in [4.78, 5) is 19.3. The molecular formula is C29H44N2O7Si2. The van der Waals surface area contributed by atoms with Crippen molar-refractivity contribution in [2.75, 3.05) is 6.61 Å². The molecule has 2 aliphatic heterocycles. The summed E-state index contributed by atoms with van der Waals surface area (Å²) < 4.78 is 21.5. The highest BCUT2D eigenvalue weighted by molar-refractivity contribution is 6.84. The summed E-state index contributed by atoms with van der Waals surface area (Å²) in [6.07, 6.45) is -0.789. The minimum Gasteiger partial charge on any atom is -0.414 e. The predicted molar refractivity (Wildman–Crippen MR) is 154 cm³/mol. The van der Waals surface area contributed by atoms with Gasteiger partial charge in [0.25, 0.3) is 0 Å². The fourth-order valence-corrected chi connectivity index (χ4v) is 17.9. The molecular weight excluding hydrogens is 544 g/mol. The molecule has 1 aromatic rings. The van der Waals surface area contributed by atoms with Crippen LogP contribution >= 0.6 is 0 Å². The van der Waals surface area contributed by atoms with Crippen molar-refractivity contribution in [2.24, 2.45) is 0 Å². The zero-order valence-corrected chi connectivity index (χ0v) is 26.9. The highest BCUT2D eigenvalue weighted by Crippen LogP contribution is 2.56. The van der Waals surface area contributed by atoms with Crippen molar-refractivity contribution < 1.29 is 32.8 Å². The van der Waals surface area contributed by atoms with Gasteiger partial charge in [-0.2, -0.15) is 5.26 Å². The lowest BCUT2D eigenvalue weighted by molar-refractivity contribution is -0.284. The van der Waals surface area contributed by atoms with Crippen LogP contribution in [0, 0.1) is 11.3 Å². The number of nitrogens with zero attached hydrogens (tertiary/aromatic N) is 2. The van der Waals surface area contributed by atoms with Crippen molar-refractivity contribution in [2.45, 2.75) is 114 Å². The molecule has 2 saturated heterocycles. The maximum atomic E-state index is 13.2. The van der Waals surface area contributed by atoms with Crippen molar-refractivity contribution in [1.82, 2.24) is 5.06 Å². The number of aliphatic hydroxyl groups is 2. The molecule has 1 spiro atoms. The van der Waals surface area contributed by atoms with E-state index in [0.29, 0.717) is 0 Å². The predicted octanol–water partition coefficient (Wildman–Crippen LogP) is 4.60. The van der Waals surface area contributed by atoms with Crippen LogP contribution in [-0.4, -0.2) is 68.3 Å². The van der Waals surface area contributed by atoms with Crippen LogP contribution in [0.2, 0.25) is 22.2 Å². The third-order valence-electron chi connectivity index (χ3n) is 8.85. The van der Waals surface area contributed by atoms with E-state index in [9.17, 15) is 20.3 Å². The Morgan fingerprint density at radius 2 is 1.52 bits per heavy atom. The standard InChI is InChI=1S/C29H44N2O7Si2/c1-19(2)39(20(3)4)36-26-27(37-40(38-39,21(5)6)22(7)8)29(24(16-30)14-28(26,34)18-32)15-25(33)31(29)35-17-23-12-10-9-11-13-23/h9-14,19-22,26-27,32,34H,15,17-18H2,1-8H3. The van der Waals surface area contributed by atoms with Gasteiger partial charge in [0.05, 0.1) is 24.7 Å². The van der Waals surface area contributed by atoms with Gasteiger partial charge in [-0.15, -0.1) is 0 Å². The maximum absolute atomic E-state index is 13.2. The van der Waals surface area contributed by atoms with Crippen molar-refractivity contribution in [3.63, 3.8) is 0 Å². The third-order valence-corrected chi connectivity index (χ3v) is 19.1. The zero-order valence-electron chi connectivity index (χ0n) is 24.9. The van der Waals surface area contributed by atoms with Crippen LogP contribution in [0.5, 0.6) is 0 Å². The Morgan fingerprint density at radius 1 is 1.00 bits per heavy atom. The number of hydroxylamine groups is 2.